The van der Waals surface area contributed by atoms with Gasteiger partial charge in [-0.05, 0) is 71.2 Å². The number of piperidine rings is 1. The van der Waals surface area contributed by atoms with Gasteiger partial charge in [0.1, 0.15) is 5.56 Å². The minimum absolute atomic E-state index is 0.0675. The Morgan fingerprint density at radius 2 is 1.80 bits per heavy atom. The van der Waals surface area contributed by atoms with Crippen molar-refractivity contribution in [2.75, 3.05) is 19.6 Å². The number of rotatable bonds is 5. The van der Waals surface area contributed by atoms with Crippen molar-refractivity contribution in [3.05, 3.63) is 64.1 Å². The number of benzene rings is 1. The van der Waals surface area contributed by atoms with E-state index in [1.165, 1.54) is 11.1 Å². The zero-order valence-corrected chi connectivity index (χ0v) is 18.4. The fourth-order valence-electron chi connectivity index (χ4n) is 4.32. The summed E-state index contributed by atoms with van der Waals surface area (Å²) in [5, 5.41) is 7.66. The van der Waals surface area contributed by atoms with Crippen LogP contribution in [0.3, 0.4) is 0 Å². The summed E-state index contributed by atoms with van der Waals surface area (Å²) in [7, 11) is 0. The maximum atomic E-state index is 12.9. The molecule has 4 rings (SSSR count). The molecule has 1 N–H and O–H groups in total. The summed E-state index contributed by atoms with van der Waals surface area (Å²) in [5.41, 5.74) is 6.52. The summed E-state index contributed by atoms with van der Waals surface area (Å²) >= 11 is 0. The Hall–Kier alpha value is -2.73. The second-order valence-electron chi connectivity index (χ2n) is 8.65. The van der Waals surface area contributed by atoms with E-state index in [9.17, 15) is 4.79 Å². The molecule has 1 aliphatic rings. The van der Waals surface area contributed by atoms with E-state index in [-0.39, 0.29) is 5.91 Å². The molecule has 1 amide bonds. The number of amides is 1. The van der Waals surface area contributed by atoms with E-state index in [4.69, 9.17) is 0 Å². The quantitative estimate of drug-likeness (QED) is 0.704. The van der Waals surface area contributed by atoms with E-state index in [1.807, 2.05) is 26.8 Å². The fraction of sp³-hybridized carbons (Fsp3) is 0.458. The molecule has 2 aromatic heterocycles. The molecule has 30 heavy (non-hydrogen) atoms. The molecule has 0 bridgehead atoms. The highest BCUT2D eigenvalue weighted by atomic mass is 16.1. The molecule has 1 aliphatic heterocycles. The van der Waals surface area contributed by atoms with Crippen molar-refractivity contribution in [3.8, 4) is 0 Å². The highest BCUT2D eigenvalue weighted by molar-refractivity contribution is 6.01. The standard InChI is InChI=1S/C24H31N5O/c1-16-5-7-21(8-6-16)15-28-11-9-20(10-12-28)14-25-24(30)22-19(4)27-29-18(3)13-17(2)26-23(22)29/h5-8,13,20H,9-12,14-15H2,1-4H3,(H,25,30). The van der Waals surface area contributed by atoms with Crippen LogP contribution in [0.25, 0.3) is 5.65 Å². The molecular formula is C24H31N5O. The molecule has 0 aliphatic carbocycles. The fourth-order valence-corrected chi connectivity index (χ4v) is 4.32. The summed E-state index contributed by atoms with van der Waals surface area (Å²) in [5.74, 6) is 0.448. The van der Waals surface area contributed by atoms with Gasteiger partial charge in [-0.15, -0.1) is 0 Å². The van der Waals surface area contributed by atoms with E-state index >= 15 is 0 Å². The van der Waals surface area contributed by atoms with Crippen LogP contribution in [0, 0.1) is 33.6 Å². The Balaban J connectivity index is 1.33. The lowest BCUT2D eigenvalue weighted by atomic mass is 9.96. The average Bonchev–Trinajstić information content (AvgIpc) is 3.05. The monoisotopic (exact) mass is 405 g/mol. The molecule has 0 atom stereocenters. The minimum Gasteiger partial charge on any atom is -0.352 e. The van der Waals surface area contributed by atoms with Crippen LogP contribution in [-0.4, -0.2) is 45.0 Å². The molecule has 3 heterocycles. The van der Waals surface area contributed by atoms with Gasteiger partial charge in [0.25, 0.3) is 5.91 Å². The molecule has 3 aromatic rings. The van der Waals surface area contributed by atoms with Crippen LogP contribution in [0.1, 0.15) is 51.4 Å². The Morgan fingerprint density at radius 3 is 2.50 bits per heavy atom. The van der Waals surface area contributed by atoms with Crippen molar-refractivity contribution in [1.29, 1.82) is 0 Å². The van der Waals surface area contributed by atoms with Crippen LogP contribution >= 0.6 is 0 Å². The number of hydrogen-bond acceptors (Lipinski definition) is 4. The SMILES string of the molecule is Cc1ccc(CN2CCC(CNC(=O)c3c(C)nn4c(C)cc(C)nc34)CC2)cc1. The van der Waals surface area contributed by atoms with Gasteiger partial charge in [0.15, 0.2) is 5.65 Å². The molecular weight excluding hydrogens is 374 g/mol. The van der Waals surface area contributed by atoms with E-state index in [0.717, 1.165) is 49.6 Å². The van der Waals surface area contributed by atoms with Crippen molar-refractivity contribution < 1.29 is 4.79 Å². The molecule has 1 fully saturated rings. The van der Waals surface area contributed by atoms with Gasteiger partial charge in [0.05, 0.1) is 5.69 Å². The second-order valence-corrected chi connectivity index (χ2v) is 8.65. The van der Waals surface area contributed by atoms with Crippen molar-refractivity contribution in [1.82, 2.24) is 24.8 Å². The first kappa shape index (κ1) is 20.5. The van der Waals surface area contributed by atoms with Crippen LogP contribution < -0.4 is 5.32 Å². The number of carbonyl (C=O) groups excluding carboxylic acids is 1. The Kier molecular flexibility index (Phi) is 5.86. The highest BCUT2D eigenvalue weighted by Crippen LogP contribution is 2.20. The minimum atomic E-state index is -0.0675. The molecule has 0 unspecified atom stereocenters. The maximum absolute atomic E-state index is 12.9. The lowest BCUT2D eigenvalue weighted by Gasteiger charge is -2.32. The number of aryl methyl sites for hydroxylation is 4. The number of carbonyl (C=O) groups is 1. The van der Waals surface area contributed by atoms with Gasteiger partial charge in [0.2, 0.25) is 0 Å². The molecule has 1 saturated heterocycles. The van der Waals surface area contributed by atoms with Gasteiger partial charge < -0.3 is 5.32 Å². The summed E-state index contributed by atoms with van der Waals surface area (Å²) in [6.07, 6.45) is 2.21. The largest absolute Gasteiger partial charge is 0.352 e. The van der Waals surface area contributed by atoms with Crippen LogP contribution in [-0.2, 0) is 6.54 Å². The first-order chi connectivity index (χ1) is 14.4. The number of likely N-dealkylation sites (tertiary alicyclic amines) is 1. The highest BCUT2D eigenvalue weighted by Gasteiger charge is 2.23. The summed E-state index contributed by atoms with van der Waals surface area (Å²) in [6.45, 7) is 11.8. The molecule has 6 heteroatoms. The topological polar surface area (TPSA) is 62.5 Å². The van der Waals surface area contributed by atoms with E-state index in [1.54, 1.807) is 4.52 Å². The van der Waals surface area contributed by atoms with Crippen molar-refractivity contribution in [3.63, 3.8) is 0 Å². The van der Waals surface area contributed by atoms with Crippen molar-refractivity contribution in [2.24, 2.45) is 5.92 Å². The third kappa shape index (κ3) is 4.38. The normalized spacial score (nSPS) is 15.6. The zero-order valence-electron chi connectivity index (χ0n) is 18.4. The van der Waals surface area contributed by atoms with E-state index < -0.39 is 0 Å². The molecule has 6 nitrogen and oxygen atoms in total. The Morgan fingerprint density at radius 1 is 1.10 bits per heavy atom. The van der Waals surface area contributed by atoms with Crippen molar-refractivity contribution in [2.45, 2.75) is 47.1 Å². The first-order valence-corrected chi connectivity index (χ1v) is 10.8. The Labute approximate surface area is 178 Å². The molecule has 0 radical (unpaired) electrons. The summed E-state index contributed by atoms with van der Waals surface area (Å²) in [6, 6.07) is 10.8. The zero-order chi connectivity index (χ0) is 21.3. The van der Waals surface area contributed by atoms with Crippen LogP contribution in [0.5, 0.6) is 0 Å². The third-order valence-corrected chi connectivity index (χ3v) is 6.08. The number of hydrogen-bond donors (Lipinski definition) is 1. The summed E-state index contributed by atoms with van der Waals surface area (Å²) < 4.78 is 1.76. The molecule has 158 valence electrons. The number of fused-ring (bicyclic) bond motifs is 1. The maximum Gasteiger partial charge on any atom is 0.257 e. The van der Waals surface area contributed by atoms with Crippen LogP contribution in [0.4, 0.5) is 0 Å². The van der Waals surface area contributed by atoms with E-state index in [2.05, 4.69) is 51.5 Å². The first-order valence-electron chi connectivity index (χ1n) is 10.8. The predicted molar refractivity (Wildman–Crippen MR) is 119 cm³/mol. The van der Waals surface area contributed by atoms with E-state index in [0.29, 0.717) is 23.7 Å². The molecule has 0 spiro atoms. The van der Waals surface area contributed by atoms with Gasteiger partial charge in [0, 0.05) is 24.5 Å². The van der Waals surface area contributed by atoms with Gasteiger partial charge in [-0.25, -0.2) is 9.50 Å². The molecule has 0 saturated carbocycles. The Bertz CT molecular complexity index is 1050. The van der Waals surface area contributed by atoms with Gasteiger partial charge in [-0.3, -0.25) is 9.69 Å². The number of nitrogens with one attached hydrogen (secondary N) is 1. The van der Waals surface area contributed by atoms with Crippen molar-refractivity contribution >= 4 is 11.6 Å². The lowest BCUT2D eigenvalue weighted by molar-refractivity contribution is 0.0936. The van der Waals surface area contributed by atoms with Gasteiger partial charge in [-0.1, -0.05) is 29.8 Å². The predicted octanol–water partition coefficient (Wildman–Crippen LogP) is 3.60. The lowest BCUT2D eigenvalue weighted by Crippen LogP contribution is -2.38. The second kappa shape index (κ2) is 8.56. The number of nitrogens with zero attached hydrogens (tertiary/aromatic N) is 4. The average molecular weight is 406 g/mol. The number of aromatic nitrogens is 3. The third-order valence-electron chi connectivity index (χ3n) is 6.08. The molecule has 1 aromatic carbocycles. The smallest absolute Gasteiger partial charge is 0.257 e. The summed E-state index contributed by atoms with van der Waals surface area (Å²) in [4.78, 5) is 20.0. The van der Waals surface area contributed by atoms with Crippen LogP contribution in [0.2, 0.25) is 0 Å². The van der Waals surface area contributed by atoms with Gasteiger partial charge >= 0.3 is 0 Å². The van der Waals surface area contributed by atoms with Gasteiger partial charge in [-0.2, -0.15) is 5.10 Å². The van der Waals surface area contributed by atoms with Crippen LogP contribution in [0.15, 0.2) is 30.3 Å².